The minimum atomic E-state index is -0.0981. The molecule has 2 aromatic heterocycles. The third kappa shape index (κ3) is 2.16. The van der Waals surface area contributed by atoms with Crippen molar-refractivity contribution in [1.82, 2.24) is 24.8 Å². The second-order valence-corrected chi connectivity index (χ2v) is 5.35. The minimum absolute atomic E-state index is 0.0981. The van der Waals surface area contributed by atoms with E-state index < -0.39 is 0 Å². The van der Waals surface area contributed by atoms with Crippen molar-refractivity contribution in [2.75, 3.05) is 19.6 Å². The molecule has 0 aliphatic carbocycles. The Bertz CT molecular complexity index is 607. The SMILES string of the molecule is C[C@H]1CNCCN1Cc1cc(=O)n2ncsc2n1. The van der Waals surface area contributed by atoms with Crippen LogP contribution in [-0.2, 0) is 6.54 Å². The van der Waals surface area contributed by atoms with Gasteiger partial charge in [0, 0.05) is 38.3 Å². The molecule has 6 nitrogen and oxygen atoms in total. The fourth-order valence-electron chi connectivity index (χ4n) is 2.21. The molecular formula is C11H15N5OS. The summed E-state index contributed by atoms with van der Waals surface area (Å²) in [7, 11) is 0. The Morgan fingerprint density at radius 1 is 1.61 bits per heavy atom. The van der Waals surface area contributed by atoms with Crippen molar-refractivity contribution in [2.45, 2.75) is 19.5 Å². The van der Waals surface area contributed by atoms with Crippen molar-refractivity contribution in [1.29, 1.82) is 0 Å². The van der Waals surface area contributed by atoms with Crippen LogP contribution in [0.1, 0.15) is 12.6 Å². The van der Waals surface area contributed by atoms with E-state index in [4.69, 9.17) is 0 Å². The van der Waals surface area contributed by atoms with Gasteiger partial charge < -0.3 is 5.32 Å². The quantitative estimate of drug-likeness (QED) is 0.824. The lowest BCUT2D eigenvalue weighted by Gasteiger charge is -2.33. The predicted molar refractivity (Wildman–Crippen MR) is 69.9 cm³/mol. The Kier molecular flexibility index (Phi) is 3.11. The van der Waals surface area contributed by atoms with Crippen LogP contribution in [0.2, 0.25) is 0 Å². The average Bonchev–Trinajstić information content (AvgIpc) is 2.81. The molecule has 1 saturated heterocycles. The Labute approximate surface area is 108 Å². The number of piperazine rings is 1. The number of fused-ring (bicyclic) bond motifs is 1. The molecule has 0 aromatic carbocycles. The van der Waals surface area contributed by atoms with Crippen LogP contribution >= 0.6 is 11.3 Å². The normalized spacial score (nSPS) is 21.5. The highest BCUT2D eigenvalue weighted by Gasteiger charge is 2.18. The number of hydrogen-bond donors (Lipinski definition) is 1. The maximum absolute atomic E-state index is 11.8. The second kappa shape index (κ2) is 4.75. The molecule has 3 heterocycles. The van der Waals surface area contributed by atoms with Crippen molar-refractivity contribution < 1.29 is 0 Å². The topological polar surface area (TPSA) is 62.5 Å². The highest BCUT2D eigenvalue weighted by atomic mass is 32.1. The van der Waals surface area contributed by atoms with E-state index in [1.807, 2.05) is 0 Å². The third-order valence-corrected chi connectivity index (χ3v) is 3.92. The van der Waals surface area contributed by atoms with Crippen molar-refractivity contribution in [3.05, 3.63) is 27.6 Å². The zero-order valence-corrected chi connectivity index (χ0v) is 11.0. The minimum Gasteiger partial charge on any atom is -0.314 e. The predicted octanol–water partition coefficient (Wildman–Crippen LogP) is -0.0553. The first-order valence-electron chi connectivity index (χ1n) is 6.01. The molecule has 0 amide bonds. The largest absolute Gasteiger partial charge is 0.314 e. The first-order valence-corrected chi connectivity index (χ1v) is 6.89. The number of nitrogens with zero attached hydrogens (tertiary/aromatic N) is 4. The summed E-state index contributed by atoms with van der Waals surface area (Å²) in [6.07, 6.45) is 0. The first kappa shape index (κ1) is 11.8. The van der Waals surface area contributed by atoms with E-state index in [0.29, 0.717) is 11.0 Å². The molecule has 1 fully saturated rings. The molecule has 0 bridgehead atoms. The van der Waals surface area contributed by atoms with Crippen LogP contribution in [0.25, 0.3) is 4.96 Å². The van der Waals surface area contributed by atoms with Crippen molar-refractivity contribution >= 4 is 16.3 Å². The molecule has 1 N–H and O–H groups in total. The zero-order chi connectivity index (χ0) is 12.5. The molecule has 96 valence electrons. The number of nitrogens with one attached hydrogen (secondary N) is 1. The van der Waals surface area contributed by atoms with Gasteiger partial charge in [-0.2, -0.15) is 9.61 Å². The van der Waals surface area contributed by atoms with Gasteiger partial charge in [0.1, 0.15) is 5.51 Å². The van der Waals surface area contributed by atoms with Gasteiger partial charge in [0.2, 0.25) is 4.96 Å². The van der Waals surface area contributed by atoms with Gasteiger partial charge in [-0.1, -0.05) is 11.3 Å². The van der Waals surface area contributed by atoms with E-state index in [1.165, 1.54) is 15.9 Å². The van der Waals surface area contributed by atoms with Gasteiger partial charge in [0.15, 0.2) is 0 Å². The van der Waals surface area contributed by atoms with Crippen molar-refractivity contribution in [3.8, 4) is 0 Å². The molecule has 1 atom stereocenters. The van der Waals surface area contributed by atoms with Crippen molar-refractivity contribution in [2.24, 2.45) is 0 Å². The van der Waals surface area contributed by atoms with Crippen LogP contribution < -0.4 is 10.9 Å². The van der Waals surface area contributed by atoms with E-state index in [1.54, 1.807) is 11.6 Å². The van der Waals surface area contributed by atoms with E-state index in [9.17, 15) is 4.79 Å². The van der Waals surface area contributed by atoms with Gasteiger partial charge in [-0.25, -0.2) is 4.98 Å². The van der Waals surface area contributed by atoms with Gasteiger partial charge in [0.25, 0.3) is 5.56 Å². The number of aromatic nitrogens is 3. The van der Waals surface area contributed by atoms with Gasteiger partial charge in [-0.15, -0.1) is 0 Å². The van der Waals surface area contributed by atoms with E-state index >= 15 is 0 Å². The Hall–Kier alpha value is -1.31. The molecular weight excluding hydrogens is 250 g/mol. The maximum atomic E-state index is 11.8. The first-order chi connectivity index (χ1) is 8.74. The van der Waals surface area contributed by atoms with Gasteiger partial charge in [0.05, 0.1) is 5.69 Å². The Morgan fingerprint density at radius 3 is 3.33 bits per heavy atom. The van der Waals surface area contributed by atoms with Crippen molar-refractivity contribution in [3.63, 3.8) is 0 Å². The molecule has 0 radical (unpaired) electrons. The lowest BCUT2D eigenvalue weighted by Crippen LogP contribution is -2.49. The standard InChI is InChI=1S/C11H15N5OS/c1-8-5-12-2-3-15(8)6-9-4-10(17)16-11(14-9)18-7-13-16/h4,7-8,12H,2-3,5-6H2,1H3/t8-/m0/s1. The van der Waals surface area contributed by atoms with Crippen LogP contribution in [0.15, 0.2) is 16.4 Å². The fraction of sp³-hybridized carbons (Fsp3) is 0.545. The van der Waals surface area contributed by atoms with E-state index in [0.717, 1.165) is 31.9 Å². The van der Waals surface area contributed by atoms with Gasteiger partial charge in [-0.3, -0.25) is 9.69 Å². The summed E-state index contributed by atoms with van der Waals surface area (Å²) in [4.78, 5) is 19.3. The summed E-state index contributed by atoms with van der Waals surface area (Å²) in [6.45, 7) is 5.88. The summed E-state index contributed by atoms with van der Waals surface area (Å²) in [6, 6.07) is 2.06. The van der Waals surface area contributed by atoms with E-state index in [-0.39, 0.29) is 5.56 Å². The van der Waals surface area contributed by atoms with Gasteiger partial charge >= 0.3 is 0 Å². The molecule has 1 aliphatic heterocycles. The molecule has 0 saturated carbocycles. The molecule has 18 heavy (non-hydrogen) atoms. The average molecular weight is 265 g/mol. The lowest BCUT2D eigenvalue weighted by atomic mass is 10.2. The number of hydrogen-bond acceptors (Lipinski definition) is 6. The summed E-state index contributed by atoms with van der Waals surface area (Å²) in [5, 5.41) is 7.31. The molecule has 7 heteroatoms. The van der Waals surface area contributed by atoms with Crippen LogP contribution in [0, 0.1) is 0 Å². The van der Waals surface area contributed by atoms with E-state index in [2.05, 4.69) is 27.2 Å². The second-order valence-electron chi connectivity index (χ2n) is 4.54. The smallest absolute Gasteiger partial charge is 0.275 e. The maximum Gasteiger partial charge on any atom is 0.275 e. The summed E-state index contributed by atoms with van der Waals surface area (Å²) < 4.78 is 1.34. The molecule has 0 spiro atoms. The summed E-state index contributed by atoms with van der Waals surface area (Å²) >= 11 is 1.39. The van der Waals surface area contributed by atoms with Crippen LogP contribution in [0.4, 0.5) is 0 Å². The highest BCUT2D eigenvalue weighted by molar-refractivity contribution is 7.14. The van der Waals surface area contributed by atoms with Crippen LogP contribution in [0.5, 0.6) is 0 Å². The third-order valence-electron chi connectivity index (χ3n) is 3.24. The Morgan fingerprint density at radius 2 is 2.50 bits per heavy atom. The molecule has 1 aliphatic rings. The Balaban J connectivity index is 1.87. The van der Waals surface area contributed by atoms with Crippen LogP contribution in [0.3, 0.4) is 0 Å². The molecule has 3 rings (SSSR count). The summed E-state index contributed by atoms with van der Waals surface area (Å²) in [5.74, 6) is 0. The van der Waals surface area contributed by atoms with Crippen LogP contribution in [-0.4, -0.2) is 45.2 Å². The fourth-order valence-corrected chi connectivity index (χ4v) is 2.85. The lowest BCUT2D eigenvalue weighted by molar-refractivity contribution is 0.164. The summed E-state index contributed by atoms with van der Waals surface area (Å²) in [5.41, 5.74) is 2.37. The monoisotopic (exact) mass is 265 g/mol. The number of rotatable bonds is 2. The zero-order valence-electron chi connectivity index (χ0n) is 10.2. The molecule has 2 aromatic rings. The van der Waals surface area contributed by atoms with Gasteiger partial charge in [-0.05, 0) is 6.92 Å². The molecule has 0 unspecified atom stereocenters. The highest BCUT2D eigenvalue weighted by Crippen LogP contribution is 2.09.